The number of amides is 1. The van der Waals surface area contributed by atoms with Gasteiger partial charge in [0.05, 0.1) is 11.9 Å². The number of piperidine rings is 1. The SMILES string of the molecule is COCC1CN(C(C)=O)CC12CCN(S(=O)(=O)C(C)C)CC2. The zero-order valence-electron chi connectivity index (χ0n) is 14.0. The third kappa shape index (κ3) is 3.16. The minimum Gasteiger partial charge on any atom is -0.384 e. The summed E-state index contributed by atoms with van der Waals surface area (Å²) in [5, 5.41) is -0.381. The van der Waals surface area contributed by atoms with Gasteiger partial charge in [0.25, 0.3) is 0 Å². The van der Waals surface area contributed by atoms with Crippen LogP contribution in [0.2, 0.25) is 0 Å². The minimum atomic E-state index is -3.18. The molecular formula is C15H28N2O4S. The highest BCUT2D eigenvalue weighted by Gasteiger charge is 2.49. The molecule has 0 radical (unpaired) electrons. The van der Waals surface area contributed by atoms with Crippen molar-refractivity contribution >= 4 is 15.9 Å². The van der Waals surface area contributed by atoms with E-state index < -0.39 is 10.0 Å². The molecule has 22 heavy (non-hydrogen) atoms. The molecule has 1 spiro atoms. The summed E-state index contributed by atoms with van der Waals surface area (Å²) >= 11 is 0. The van der Waals surface area contributed by atoms with E-state index in [2.05, 4.69) is 0 Å². The minimum absolute atomic E-state index is 0.00464. The van der Waals surface area contributed by atoms with Gasteiger partial charge < -0.3 is 9.64 Å². The predicted octanol–water partition coefficient (Wildman–Crippen LogP) is 0.932. The van der Waals surface area contributed by atoms with Crippen LogP contribution in [-0.4, -0.2) is 68.7 Å². The summed E-state index contributed by atoms with van der Waals surface area (Å²) in [7, 11) is -1.50. The van der Waals surface area contributed by atoms with Crippen LogP contribution in [0.25, 0.3) is 0 Å². The number of ether oxygens (including phenoxy) is 1. The van der Waals surface area contributed by atoms with E-state index in [0.29, 0.717) is 25.6 Å². The first-order valence-corrected chi connectivity index (χ1v) is 9.46. The molecule has 0 N–H and O–H groups in total. The van der Waals surface area contributed by atoms with Gasteiger partial charge in [0, 0.05) is 46.1 Å². The van der Waals surface area contributed by atoms with Crippen molar-refractivity contribution in [2.45, 2.75) is 38.9 Å². The van der Waals surface area contributed by atoms with E-state index in [1.807, 2.05) is 4.90 Å². The number of hydrogen-bond acceptors (Lipinski definition) is 4. The lowest BCUT2D eigenvalue weighted by Crippen LogP contribution is -2.48. The van der Waals surface area contributed by atoms with Gasteiger partial charge in [-0.05, 0) is 32.1 Å². The van der Waals surface area contributed by atoms with Crippen LogP contribution >= 0.6 is 0 Å². The van der Waals surface area contributed by atoms with Crippen LogP contribution in [0.5, 0.6) is 0 Å². The van der Waals surface area contributed by atoms with Crippen molar-refractivity contribution in [2.75, 3.05) is 39.9 Å². The van der Waals surface area contributed by atoms with E-state index in [-0.39, 0.29) is 16.6 Å². The monoisotopic (exact) mass is 332 g/mol. The summed E-state index contributed by atoms with van der Waals surface area (Å²) in [5.41, 5.74) is 0.00464. The number of carbonyl (C=O) groups is 1. The highest BCUT2D eigenvalue weighted by Crippen LogP contribution is 2.45. The number of rotatable bonds is 4. The van der Waals surface area contributed by atoms with E-state index in [1.165, 1.54) is 0 Å². The first kappa shape index (κ1) is 17.7. The molecule has 128 valence electrons. The summed E-state index contributed by atoms with van der Waals surface area (Å²) in [4.78, 5) is 13.6. The fraction of sp³-hybridized carbons (Fsp3) is 0.933. The second-order valence-electron chi connectivity index (χ2n) is 6.91. The van der Waals surface area contributed by atoms with Gasteiger partial charge in [0.1, 0.15) is 0 Å². The summed E-state index contributed by atoms with van der Waals surface area (Å²) in [6.07, 6.45) is 1.60. The molecule has 2 fully saturated rings. The topological polar surface area (TPSA) is 66.9 Å². The Morgan fingerprint density at radius 3 is 2.36 bits per heavy atom. The second-order valence-corrected chi connectivity index (χ2v) is 9.40. The molecule has 2 aliphatic heterocycles. The van der Waals surface area contributed by atoms with Gasteiger partial charge in [-0.25, -0.2) is 12.7 Å². The maximum Gasteiger partial charge on any atom is 0.219 e. The van der Waals surface area contributed by atoms with Crippen molar-refractivity contribution in [3.63, 3.8) is 0 Å². The van der Waals surface area contributed by atoms with Crippen molar-refractivity contribution in [1.29, 1.82) is 0 Å². The predicted molar refractivity (Wildman–Crippen MR) is 84.9 cm³/mol. The molecule has 0 aromatic carbocycles. The normalized spacial score (nSPS) is 26.0. The first-order valence-electron chi connectivity index (χ1n) is 7.96. The molecule has 2 rings (SSSR count). The van der Waals surface area contributed by atoms with Crippen molar-refractivity contribution in [3.05, 3.63) is 0 Å². The van der Waals surface area contributed by atoms with E-state index >= 15 is 0 Å². The summed E-state index contributed by atoms with van der Waals surface area (Å²) < 4.78 is 31.6. The molecule has 1 amide bonds. The number of methoxy groups -OCH3 is 1. The number of likely N-dealkylation sites (tertiary alicyclic amines) is 1. The summed E-state index contributed by atoms with van der Waals surface area (Å²) in [6, 6.07) is 0. The third-order valence-electron chi connectivity index (χ3n) is 5.30. The molecule has 1 unspecified atom stereocenters. The quantitative estimate of drug-likeness (QED) is 0.768. The molecule has 2 heterocycles. The van der Waals surface area contributed by atoms with Gasteiger partial charge in [-0.3, -0.25) is 4.79 Å². The number of nitrogens with zero attached hydrogens (tertiary/aromatic N) is 2. The number of carbonyl (C=O) groups excluding carboxylic acids is 1. The van der Waals surface area contributed by atoms with Crippen molar-refractivity contribution in [3.8, 4) is 0 Å². The summed E-state index contributed by atoms with van der Waals surface area (Å²) in [6.45, 7) is 8.22. The van der Waals surface area contributed by atoms with Gasteiger partial charge in [-0.15, -0.1) is 0 Å². The van der Waals surface area contributed by atoms with Crippen LogP contribution in [0.1, 0.15) is 33.6 Å². The first-order chi connectivity index (χ1) is 10.2. The third-order valence-corrected chi connectivity index (χ3v) is 7.58. The Hall–Kier alpha value is -0.660. The van der Waals surface area contributed by atoms with Crippen LogP contribution in [0.15, 0.2) is 0 Å². The Balaban J connectivity index is 2.11. The molecule has 0 aromatic heterocycles. The van der Waals surface area contributed by atoms with Crippen molar-refractivity contribution in [1.82, 2.24) is 9.21 Å². The van der Waals surface area contributed by atoms with Crippen LogP contribution in [0.3, 0.4) is 0 Å². The smallest absolute Gasteiger partial charge is 0.219 e. The zero-order chi connectivity index (χ0) is 16.5. The van der Waals surface area contributed by atoms with Crippen molar-refractivity contribution < 1.29 is 17.9 Å². The Kier molecular flexibility index (Phi) is 5.19. The van der Waals surface area contributed by atoms with Gasteiger partial charge in [0.15, 0.2) is 0 Å². The van der Waals surface area contributed by atoms with E-state index in [1.54, 1.807) is 32.2 Å². The standard InChI is InChI=1S/C15H28N2O4S/c1-12(2)22(19,20)17-7-5-15(6-8-17)11-16(13(3)18)9-14(15)10-21-4/h12,14H,5-11H2,1-4H3. The van der Waals surface area contributed by atoms with Gasteiger partial charge in [-0.1, -0.05) is 0 Å². The fourth-order valence-corrected chi connectivity index (χ4v) is 5.04. The van der Waals surface area contributed by atoms with Crippen LogP contribution in [0, 0.1) is 11.3 Å². The molecule has 0 aliphatic carbocycles. The molecular weight excluding hydrogens is 304 g/mol. The van der Waals surface area contributed by atoms with Crippen LogP contribution < -0.4 is 0 Å². The second kappa shape index (κ2) is 6.45. The molecule has 0 bridgehead atoms. The molecule has 2 aliphatic rings. The Labute approximate surface area is 133 Å². The Morgan fingerprint density at radius 1 is 1.32 bits per heavy atom. The maximum atomic E-state index is 12.3. The number of sulfonamides is 1. The molecule has 0 saturated carbocycles. The molecule has 6 nitrogen and oxygen atoms in total. The van der Waals surface area contributed by atoms with Gasteiger partial charge in [-0.2, -0.15) is 0 Å². The molecule has 1 atom stereocenters. The molecule has 7 heteroatoms. The van der Waals surface area contributed by atoms with Crippen molar-refractivity contribution in [2.24, 2.45) is 11.3 Å². The van der Waals surface area contributed by atoms with Crippen LogP contribution in [-0.2, 0) is 19.6 Å². The Bertz CT molecular complexity index is 510. The highest BCUT2D eigenvalue weighted by molar-refractivity contribution is 7.89. The maximum absolute atomic E-state index is 12.3. The average molecular weight is 332 g/mol. The zero-order valence-corrected chi connectivity index (χ0v) is 14.9. The lowest BCUT2D eigenvalue weighted by atomic mass is 9.71. The van der Waals surface area contributed by atoms with E-state index in [9.17, 15) is 13.2 Å². The van der Waals surface area contributed by atoms with E-state index in [0.717, 1.165) is 25.9 Å². The van der Waals surface area contributed by atoms with Gasteiger partial charge >= 0.3 is 0 Å². The van der Waals surface area contributed by atoms with E-state index in [4.69, 9.17) is 4.74 Å². The Morgan fingerprint density at radius 2 is 1.91 bits per heavy atom. The average Bonchev–Trinajstić information content (AvgIpc) is 2.79. The number of hydrogen-bond donors (Lipinski definition) is 0. The molecule has 2 saturated heterocycles. The lowest BCUT2D eigenvalue weighted by Gasteiger charge is -2.42. The largest absolute Gasteiger partial charge is 0.384 e. The van der Waals surface area contributed by atoms with Gasteiger partial charge in [0.2, 0.25) is 15.9 Å². The summed E-state index contributed by atoms with van der Waals surface area (Å²) in [5.74, 6) is 0.389. The van der Waals surface area contributed by atoms with Crippen LogP contribution in [0.4, 0.5) is 0 Å². The fourth-order valence-electron chi connectivity index (χ4n) is 3.75. The molecule has 0 aromatic rings. The lowest BCUT2D eigenvalue weighted by molar-refractivity contribution is -0.128. The highest BCUT2D eigenvalue weighted by atomic mass is 32.2.